The summed E-state index contributed by atoms with van der Waals surface area (Å²) in [5.74, 6) is -1.27. The molecule has 0 atom stereocenters. The zero-order chi connectivity index (χ0) is 12.1. The predicted molar refractivity (Wildman–Crippen MR) is 58.7 cm³/mol. The molecule has 1 N–H and O–H groups in total. The molecule has 0 radical (unpaired) electrons. The topological polar surface area (TPSA) is 63.6 Å². The molecule has 0 unspecified atom stereocenters. The Bertz CT molecular complexity index is 409. The number of carbonyl (C=O) groups excluding carboxylic acids is 1. The maximum atomic E-state index is 11.6. The van der Waals surface area contributed by atoms with Gasteiger partial charge < -0.3 is 9.84 Å². The summed E-state index contributed by atoms with van der Waals surface area (Å²) >= 11 is 0. The monoisotopic (exact) mass is 222 g/mol. The predicted octanol–water partition coefficient (Wildman–Crippen LogP) is 1.59. The largest absolute Gasteiger partial charge is 0.480 e. The molecule has 0 bridgehead atoms. The van der Waals surface area contributed by atoms with E-state index in [0.717, 1.165) is 11.1 Å². The van der Waals surface area contributed by atoms with Crippen molar-refractivity contribution in [2.75, 3.05) is 13.2 Å². The molecule has 0 amide bonds. The average Bonchev–Trinajstić information content (AvgIpc) is 2.16. The number of benzene rings is 1. The minimum atomic E-state index is -1.08. The third-order valence-electron chi connectivity index (χ3n) is 2.14. The lowest BCUT2D eigenvalue weighted by atomic mass is 10.0. The molecule has 0 aromatic heterocycles. The van der Waals surface area contributed by atoms with E-state index in [-0.39, 0.29) is 12.4 Å². The zero-order valence-corrected chi connectivity index (χ0v) is 9.32. The van der Waals surface area contributed by atoms with E-state index in [4.69, 9.17) is 9.84 Å². The fourth-order valence-electron chi connectivity index (χ4n) is 1.44. The van der Waals surface area contributed by atoms with Gasteiger partial charge in [0, 0.05) is 5.56 Å². The molecule has 4 heteroatoms. The van der Waals surface area contributed by atoms with E-state index < -0.39 is 12.6 Å². The molecule has 86 valence electrons. The maximum Gasteiger partial charge on any atom is 0.329 e. The molecular formula is C12H14O4. The van der Waals surface area contributed by atoms with Crippen molar-refractivity contribution in [2.45, 2.75) is 13.8 Å². The van der Waals surface area contributed by atoms with Crippen LogP contribution < -0.4 is 0 Å². The molecule has 1 rings (SSSR count). The van der Waals surface area contributed by atoms with Gasteiger partial charge in [0.1, 0.15) is 13.2 Å². The Hall–Kier alpha value is -1.68. The maximum absolute atomic E-state index is 11.6. The van der Waals surface area contributed by atoms with Crippen LogP contribution in [0.25, 0.3) is 0 Å². The smallest absolute Gasteiger partial charge is 0.329 e. The Kier molecular flexibility index (Phi) is 4.19. The third kappa shape index (κ3) is 3.47. The van der Waals surface area contributed by atoms with Gasteiger partial charge in [-0.1, -0.05) is 23.8 Å². The molecule has 0 heterocycles. The average molecular weight is 222 g/mol. The first kappa shape index (κ1) is 12.4. The van der Waals surface area contributed by atoms with Crippen molar-refractivity contribution in [3.8, 4) is 0 Å². The van der Waals surface area contributed by atoms with Crippen LogP contribution in [-0.2, 0) is 9.53 Å². The number of hydrogen-bond acceptors (Lipinski definition) is 3. The second kappa shape index (κ2) is 5.42. The second-order valence-corrected chi connectivity index (χ2v) is 3.63. The lowest BCUT2D eigenvalue weighted by Crippen LogP contribution is -2.15. The first-order valence-corrected chi connectivity index (χ1v) is 4.90. The van der Waals surface area contributed by atoms with Gasteiger partial charge in [-0.2, -0.15) is 0 Å². The van der Waals surface area contributed by atoms with Crippen LogP contribution in [0.3, 0.4) is 0 Å². The summed E-state index contributed by atoms with van der Waals surface area (Å²) in [7, 11) is 0. The fraction of sp³-hybridized carbons (Fsp3) is 0.333. The van der Waals surface area contributed by atoms with Crippen LogP contribution in [0, 0.1) is 13.8 Å². The van der Waals surface area contributed by atoms with Crippen molar-refractivity contribution in [3.05, 3.63) is 34.9 Å². The van der Waals surface area contributed by atoms with E-state index in [1.807, 2.05) is 26.0 Å². The minimum absolute atomic E-state index is 0.196. The third-order valence-corrected chi connectivity index (χ3v) is 2.14. The summed E-state index contributed by atoms with van der Waals surface area (Å²) in [4.78, 5) is 21.8. The molecule has 0 aliphatic heterocycles. The summed E-state index contributed by atoms with van der Waals surface area (Å²) < 4.78 is 4.75. The number of Topliss-reactive ketones (excluding diaryl/α,β-unsaturated/α-hetero) is 1. The lowest BCUT2D eigenvalue weighted by molar-refractivity contribution is -0.141. The van der Waals surface area contributed by atoms with E-state index in [2.05, 4.69) is 0 Å². The Morgan fingerprint density at radius 1 is 1.25 bits per heavy atom. The van der Waals surface area contributed by atoms with Gasteiger partial charge >= 0.3 is 5.97 Å². The molecular weight excluding hydrogens is 208 g/mol. The van der Waals surface area contributed by atoms with Crippen molar-refractivity contribution in [2.24, 2.45) is 0 Å². The molecule has 0 spiro atoms. The van der Waals surface area contributed by atoms with Gasteiger partial charge in [0.2, 0.25) is 0 Å². The summed E-state index contributed by atoms with van der Waals surface area (Å²) in [5, 5.41) is 8.35. The molecule has 0 aliphatic rings. The Morgan fingerprint density at radius 2 is 1.94 bits per heavy atom. The van der Waals surface area contributed by atoms with Gasteiger partial charge in [-0.3, -0.25) is 4.79 Å². The van der Waals surface area contributed by atoms with Crippen LogP contribution in [0.15, 0.2) is 18.2 Å². The van der Waals surface area contributed by atoms with Crippen LogP contribution in [0.5, 0.6) is 0 Å². The summed E-state index contributed by atoms with van der Waals surface area (Å²) in [6.07, 6.45) is 0. The molecule has 0 fully saturated rings. The van der Waals surface area contributed by atoms with Crippen LogP contribution in [-0.4, -0.2) is 30.1 Å². The Balaban J connectivity index is 2.63. The van der Waals surface area contributed by atoms with Crippen LogP contribution in [0.2, 0.25) is 0 Å². The summed E-state index contributed by atoms with van der Waals surface area (Å²) in [6, 6.07) is 5.49. The van der Waals surface area contributed by atoms with Gasteiger partial charge in [0.05, 0.1) is 0 Å². The number of ketones is 1. The Labute approximate surface area is 93.9 Å². The van der Waals surface area contributed by atoms with Gasteiger partial charge in [-0.15, -0.1) is 0 Å². The number of aliphatic carboxylic acids is 1. The van der Waals surface area contributed by atoms with Crippen molar-refractivity contribution < 1.29 is 19.4 Å². The SMILES string of the molecule is Cc1ccc(C(=O)COCC(=O)O)c(C)c1. The van der Waals surface area contributed by atoms with Crippen molar-refractivity contribution in [3.63, 3.8) is 0 Å². The quantitative estimate of drug-likeness (QED) is 0.768. The number of carboxylic acids is 1. The number of rotatable bonds is 5. The van der Waals surface area contributed by atoms with Crippen LogP contribution in [0.4, 0.5) is 0 Å². The van der Waals surface area contributed by atoms with Gasteiger partial charge in [0.15, 0.2) is 5.78 Å². The molecule has 0 saturated heterocycles. The first-order chi connectivity index (χ1) is 7.50. The van der Waals surface area contributed by atoms with Crippen LogP contribution >= 0.6 is 0 Å². The van der Waals surface area contributed by atoms with Crippen molar-refractivity contribution >= 4 is 11.8 Å². The lowest BCUT2D eigenvalue weighted by Gasteiger charge is -2.05. The molecule has 4 nitrogen and oxygen atoms in total. The second-order valence-electron chi connectivity index (χ2n) is 3.63. The normalized spacial score (nSPS) is 10.1. The van der Waals surface area contributed by atoms with Crippen LogP contribution in [0.1, 0.15) is 21.5 Å². The van der Waals surface area contributed by atoms with Crippen molar-refractivity contribution in [1.29, 1.82) is 0 Å². The van der Waals surface area contributed by atoms with Gasteiger partial charge in [0.25, 0.3) is 0 Å². The van der Waals surface area contributed by atoms with E-state index >= 15 is 0 Å². The number of carbonyl (C=O) groups is 2. The first-order valence-electron chi connectivity index (χ1n) is 4.90. The molecule has 1 aromatic rings. The standard InChI is InChI=1S/C12H14O4/c1-8-3-4-10(9(2)5-8)11(13)6-16-7-12(14)15/h3-5H,6-7H2,1-2H3,(H,14,15). The number of hydrogen-bond donors (Lipinski definition) is 1. The molecule has 0 saturated carbocycles. The van der Waals surface area contributed by atoms with E-state index in [1.54, 1.807) is 6.07 Å². The molecule has 0 aliphatic carbocycles. The summed E-state index contributed by atoms with van der Waals surface area (Å²) in [5.41, 5.74) is 2.54. The fourth-order valence-corrected chi connectivity index (χ4v) is 1.44. The summed E-state index contributed by atoms with van der Waals surface area (Å²) in [6.45, 7) is 3.15. The highest BCUT2D eigenvalue weighted by Crippen LogP contribution is 2.11. The Morgan fingerprint density at radius 3 is 2.50 bits per heavy atom. The molecule has 1 aromatic carbocycles. The number of carboxylic acid groups (broad SMARTS) is 1. The van der Waals surface area contributed by atoms with E-state index in [0.29, 0.717) is 5.56 Å². The van der Waals surface area contributed by atoms with E-state index in [1.165, 1.54) is 0 Å². The van der Waals surface area contributed by atoms with Gasteiger partial charge in [-0.25, -0.2) is 4.79 Å². The van der Waals surface area contributed by atoms with Crippen molar-refractivity contribution in [1.82, 2.24) is 0 Å². The highest BCUT2D eigenvalue weighted by atomic mass is 16.5. The van der Waals surface area contributed by atoms with Gasteiger partial charge in [-0.05, 0) is 19.4 Å². The number of ether oxygens (including phenoxy) is 1. The highest BCUT2D eigenvalue weighted by molar-refractivity contribution is 5.98. The highest BCUT2D eigenvalue weighted by Gasteiger charge is 2.09. The number of aryl methyl sites for hydroxylation is 2. The minimum Gasteiger partial charge on any atom is -0.480 e. The zero-order valence-electron chi connectivity index (χ0n) is 9.32. The molecule has 16 heavy (non-hydrogen) atoms. The van der Waals surface area contributed by atoms with E-state index in [9.17, 15) is 9.59 Å².